The van der Waals surface area contributed by atoms with Gasteiger partial charge in [-0.05, 0) is 29.2 Å². The number of aliphatic hydroxyl groups excluding tert-OH is 1. The lowest BCUT2D eigenvalue weighted by molar-refractivity contribution is 0.292. The summed E-state index contributed by atoms with van der Waals surface area (Å²) in [5, 5.41) is 11.6. The quantitative estimate of drug-likeness (QED) is 0.727. The van der Waals surface area contributed by atoms with Gasteiger partial charge >= 0.3 is 0 Å². The number of hydrogen-bond acceptors (Lipinski definition) is 2. The summed E-state index contributed by atoms with van der Waals surface area (Å²) < 4.78 is 13.2. The van der Waals surface area contributed by atoms with Crippen LogP contribution in [0.15, 0.2) is 18.2 Å². The molecule has 1 aromatic carbocycles. The second-order valence-corrected chi connectivity index (χ2v) is 3.75. The standard InChI is InChI=1S/C12H17FNO/c1-9(2)11-5-10(6-12(13)7-11)8-14-3-4-15/h5-7,14-15H,3-4,8H2,1-2H3. The van der Waals surface area contributed by atoms with Crippen molar-refractivity contribution in [3.05, 3.63) is 41.1 Å². The van der Waals surface area contributed by atoms with E-state index in [0.717, 1.165) is 17.0 Å². The minimum Gasteiger partial charge on any atom is -0.395 e. The van der Waals surface area contributed by atoms with Crippen LogP contribution in [0.4, 0.5) is 4.39 Å². The van der Waals surface area contributed by atoms with E-state index >= 15 is 0 Å². The van der Waals surface area contributed by atoms with E-state index in [-0.39, 0.29) is 12.4 Å². The molecule has 0 aromatic heterocycles. The van der Waals surface area contributed by atoms with Gasteiger partial charge in [-0.2, -0.15) is 0 Å². The van der Waals surface area contributed by atoms with E-state index in [9.17, 15) is 4.39 Å². The van der Waals surface area contributed by atoms with Gasteiger partial charge in [-0.3, -0.25) is 0 Å². The van der Waals surface area contributed by atoms with Crippen LogP contribution in [0.3, 0.4) is 0 Å². The van der Waals surface area contributed by atoms with Crippen molar-refractivity contribution in [1.29, 1.82) is 0 Å². The highest BCUT2D eigenvalue weighted by Gasteiger charge is 2.04. The van der Waals surface area contributed by atoms with Crippen molar-refractivity contribution in [2.45, 2.75) is 20.4 Å². The molecule has 0 fully saturated rings. The molecule has 1 rings (SSSR count). The van der Waals surface area contributed by atoms with Gasteiger partial charge in [0.15, 0.2) is 0 Å². The Morgan fingerprint density at radius 3 is 2.67 bits per heavy atom. The van der Waals surface area contributed by atoms with Crippen molar-refractivity contribution in [1.82, 2.24) is 5.32 Å². The average Bonchev–Trinajstić information content (AvgIpc) is 2.17. The Hall–Kier alpha value is -0.930. The highest BCUT2D eigenvalue weighted by Crippen LogP contribution is 2.16. The van der Waals surface area contributed by atoms with Crippen LogP contribution in [0, 0.1) is 11.7 Å². The summed E-state index contributed by atoms with van der Waals surface area (Å²) in [6.07, 6.45) is 0. The Balaban J connectivity index is 2.71. The average molecular weight is 210 g/mol. The van der Waals surface area contributed by atoms with Gasteiger partial charge in [0.25, 0.3) is 0 Å². The van der Waals surface area contributed by atoms with Crippen LogP contribution in [0.25, 0.3) is 0 Å². The first-order chi connectivity index (χ1) is 7.13. The highest BCUT2D eigenvalue weighted by atomic mass is 19.1. The van der Waals surface area contributed by atoms with Gasteiger partial charge in [-0.1, -0.05) is 19.9 Å². The number of aliphatic hydroxyl groups is 1. The van der Waals surface area contributed by atoms with E-state index in [1.165, 1.54) is 12.1 Å². The Labute approximate surface area is 90.1 Å². The Morgan fingerprint density at radius 2 is 2.07 bits per heavy atom. The molecule has 1 aromatic rings. The van der Waals surface area contributed by atoms with Gasteiger partial charge in [0, 0.05) is 13.1 Å². The predicted octanol–water partition coefficient (Wildman–Crippen LogP) is 1.87. The molecule has 0 aliphatic carbocycles. The van der Waals surface area contributed by atoms with Gasteiger partial charge in [-0.25, -0.2) is 4.39 Å². The van der Waals surface area contributed by atoms with E-state index in [2.05, 4.69) is 5.32 Å². The SMILES string of the molecule is C[C](C)c1cc(F)cc(CNCCO)c1. The number of rotatable bonds is 5. The summed E-state index contributed by atoms with van der Waals surface area (Å²) in [6, 6.07) is 5.00. The molecule has 0 saturated heterocycles. The van der Waals surface area contributed by atoms with E-state index in [1.807, 2.05) is 19.9 Å². The number of benzene rings is 1. The lowest BCUT2D eigenvalue weighted by Gasteiger charge is -2.09. The Bertz CT molecular complexity index is 312. The van der Waals surface area contributed by atoms with Gasteiger partial charge in [0.05, 0.1) is 6.61 Å². The highest BCUT2D eigenvalue weighted by molar-refractivity contribution is 5.33. The minimum absolute atomic E-state index is 0.0983. The van der Waals surface area contributed by atoms with E-state index in [0.29, 0.717) is 13.1 Å². The first-order valence-corrected chi connectivity index (χ1v) is 5.05. The zero-order chi connectivity index (χ0) is 11.3. The molecule has 15 heavy (non-hydrogen) atoms. The van der Waals surface area contributed by atoms with Crippen molar-refractivity contribution in [3.63, 3.8) is 0 Å². The van der Waals surface area contributed by atoms with Gasteiger partial charge in [-0.15, -0.1) is 0 Å². The van der Waals surface area contributed by atoms with Crippen LogP contribution >= 0.6 is 0 Å². The Kier molecular flexibility index (Phi) is 4.72. The fraction of sp³-hybridized carbons (Fsp3) is 0.417. The van der Waals surface area contributed by atoms with Crippen LogP contribution < -0.4 is 5.32 Å². The summed E-state index contributed by atoms with van der Waals surface area (Å²) in [5.74, 6) is 0.882. The zero-order valence-corrected chi connectivity index (χ0v) is 9.18. The van der Waals surface area contributed by atoms with E-state index < -0.39 is 0 Å². The van der Waals surface area contributed by atoms with Crippen molar-refractivity contribution in [2.75, 3.05) is 13.2 Å². The minimum atomic E-state index is -0.213. The smallest absolute Gasteiger partial charge is 0.123 e. The molecule has 1 radical (unpaired) electrons. The van der Waals surface area contributed by atoms with Crippen molar-refractivity contribution >= 4 is 0 Å². The number of hydrogen-bond donors (Lipinski definition) is 2. The number of halogens is 1. The maximum atomic E-state index is 13.2. The summed E-state index contributed by atoms with van der Waals surface area (Å²) in [5.41, 5.74) is 1.83. The van der Waals surface area contributed by atoms with E-state index in [1.54, 1.807) is 0 Å². The molecule has 0 atom stereocenters. The molecule has 2 nitrogen and oxygen atoms in total. The molecule has 0 aliphatic rings. The molecule has 0 aliphatic heterocycles. The van der Waals surface area contributed by atoms with Crippen molar-refractivity contribution < 1.29 is 9.50 Å². The molecule has 83 valence electrons. The topological polar surface area (TPSA) is 32.3 Å². The third-order valence-electron chi connectivity index (χ3n) is 2.15. The predicted molar refractivity (Wildman–Crippen MR) is 58.9 cm³/mol. The van der Waals surface area contributed by atoms with Gasteiger partial charge in [0.1, 0.15) is 5.82 Å². The molecule has 0 unspecified atom stereocenters. The molecule has 0 heterocycles. The molecule has 3 heteroatoms. The van der Waals surface area contributed by atoms with Crippen molar-refractivity contribution in [3.8, 4) is 0 Å². The zero-order valence-electron chi connectivity index (χ0n) is 9.18. The summed E-state index contributed by atoms with van der Waals surface area (Å²) in [4.78, 5) is 0. The van der Waals surface area contributed by atoms with Crippen LogP contribution in [-0.2, 0) is 6.54 Å². The molecule has 0 amide bonds. The number of nitrogens with one attached hydrogen (secondary N) is 1. The third-order valence-corrected chi connectivity index (χ3v) is 2.15. The fourth-order valence-corrected chi connectivity index (χ4v) is 1.35. The van der Waals surface area contributed by atoms with Gasteiger partial charge < -0.3 is 10.4 Å². The monoisotopic (exact) mass is 210 g/mol. The van der Waals surface area contributed by atoms with Crippen LogP contribution in [0.1, 0.15) is 25.0 Å². The summed E-state index contributed by atoms with van der Waals surface area (Å²) in [6.45, 7) is 5.12. The molecule has 0 bridgehead atoms. The van der Waals surface area contributed by atoms with E-state index in [4.69, 9.17) is 5.11 Å². The molecule has 0 saturated carbocycles. The second kappa shape index (κ2) is 5.83. The lowest BCUT2D eigenvalue weighted by atomic mass is 10.0. The van der Waals surface area contributed by atoms with Crippen LogP contribution in [0.5, 0.6) is 0 Å². The molecular weight excluding hydrogens is 193 g/mol. The van der Waals surface area contributed by atoms with Crippen LogP contribution in [-0.4, -0.2) is 18.3 Å². The third kappa shape index (κ3) is 3.98. The first-order valence-electron chi connectivity index (χ1n) is 5.05. The molecule has 0 spiro atoms. The van der Waals surface area contributed by atoms with Crippen LogP contribution in [0.2, 0.25) is 0 Å². The lowest BCUT2D eigenvalue weighted by Crippen LogP contribution is -2.17. The fourth-order valence-electron chi connectivity index (χ4n) is 1.35. The van der Waals surface area contributed by atoms with Gasteiger partial charge in [0.2, 0.25) is 0 Å². The first kappa shape index (κ1) is 12.1. The molecule has 2 N–H and O–H groups in total. The summed E-state index contributed by atoms with van der Waals surface area (Å²) in [7, 11) is 0. The maximum absolute atomic E-state index is 13.2. The second-order valence-electron chi connectivity index (χ2n) is 3.75. The Morgan fingerprint density at radius 1 is 1.33 bits per heavy atom. The molecular formula is C12H17FNO. The normalized spacial score (nSPS) is 11.0. The summed E-state index contributed by atoms with van der Waals surface area (Å²) >= 11 is 0. The maximum Gasteiger partial charge on any atom is 0.123 e. The van der Waals surface area contributed by atoms with Crippen molar-refractivity contribution in [2.24, 2.45) is 0 Å². The largest absolute Gasteiger partial charge is 0.395 e.